The van der Waals surface area contributed by atoms with Crippen LogP contribution in [0.15, 0.2) is 18.2 Å². The Bertz CT molecular complexity index is 839. The van der Waals surface area contributed by atoms with Gasteiger partial charge in [-0.2, -0.15) is 13.2 Å². The number of rotatable bonds is 5. The zero-order chi connectivity index (χ0) is 21.5. The number of aromatic nitrogens is 1. The lowest BCUT2D eigenvalue weighted by Gasteiger charge is -2.04. The topological polar surface area (TPSA) is 91.3 Å². The average molecular weight is 425 g/mol. The number of carboxylic acids is 1. The van der Waals surface area contributed by atoms with Crippen molar-refractivity contribution in [2.24, 2.45) is 0 Å². The number of amides is 1. The van der Waals surface area contributed by atoms with Gasteiger partial charge in [-0.05, 0) is 31.5 Å². The molecule has 3 N–H and O–H groups in total. The zero-order valence-electron chi connectivity index (χ0n) is 14.7. The molecule has 1 aromatic carbocycles. The van der Waals surface area contributed by atoms with Gasteiger partial charge in [0.15, 0.2) is 16.8 Å². The van der Waals surface area contributed by atoms with Crippen molar-refractivity contribution in [2.45, 2.75) is 26.6 Å². The third-order valence-electron chi connectivity index (χ3n) is 3.01. The molecule has 0 atom stereocenters. The molecule has 6 nitrogen and oxygen atoms in total. The first-order chi connectivity index (χ1) is 13.0. The van der Waals surface area contributed by atoms with Crippen molar-refractivity contribution in [1.29, 1.82) is 0 Å². The van der Waals surface area contributed by atoms with Gasteiger partial charge in [0.05, 0.1) is 5.69 Å². The molecule has 0 radical (unpaired) electrons. The second-order valence-corrected chi connectivity index (χ2v) is 6.20. The number of aryl methyl sites for hydroxylation is 1. The molecule has 0 aliphatic carbocycles. The summed E-state index contributed by atoms with van der Waals surface area (Å²) in [6.07, 6.45) is -5.08. The minimum Gasteiger partial charge on any atom is -0.475 e. The van der Waals surface area contributed by atoms with Crippen LogP contribution < -0.4 is 10.6 Å². The molecule has 0 aliphatic rings. The maximum absolute atomic E-state index is 13.1. The number of thiazole rings is 1. The molecule has 1 amide bonds. The fourth-order valence-electron chi connectivity index (χ4n) is 1.75. The van der Waals surface area contributed by atoms with Gasteiger partial charge in [0, 0.05) is 13.1 Å². The first-order valence-electron chi connectivity index (χ1n) is 7.69. The molecule has 1 aromatic heterocycles. The van der Waals surface area contributed by atoms with Gasteiger partial charge in [-0.25, -0.2) is 18.6 Å². The number of anilines is 1. The molecule has 12 heteroatoms. The van der Waals surface area contributed by atoms with E-state index >= 15 is 0 Å². The molecular weight excluding hydrogens is 409 g/mol. The third kappa shape index (κ3) is 7.10. The molecule has 28 heavy (non-hydrogen) atoms. The average Bonchev–Trinajstić information content (AvgIpc) is 2.96. The lowest BCUT2D eigenvalue weighted by molar-refractivity contribution is -0.192. The molecule has 1 heterocycles. The predicted octanol–water partition coefficient (Wildman–Crippen LogP) is 3.72. The molecule has 0 saturated carbocycles. The highest BCUT2D eigenvalue weighted by Crippen LogP contribution is 2.22. The van der Waals surface area contributed by atoms with Gasteiger partial charge < -0.3 is 15.7 Å². The molecule has 2 rings (SSSR count). The van der Waals surface area contributed by atoms with Gasteiger partial charge in [-0.1, -0.05) is 17.4 Å². The molecule has 0 fully saturated rings. The van der Waals surface area contributed by atoms with Crippen LogP contribution in [0.1, 0.15) is 27.9 Å². The minimum atomic E-state index is -5.08. The Hall–Kier alpha value is -2.76. The zero-order valence-corrected chi connectivity index (χ0v) is 15.5. The van der Waals surface area contributed by atoms with Gasteiger partial charge in [0.2, 0.25) is 0 Å². The van der Waals surface area contributed by atoms with E-state index in [2.05, 4.69) is 15.6 Å². The molecule has 0 aliphatic heterocycles. The number of halogens is 5. The van der Waals surface area contributed by atoms with E-state index in [9.17, 15) is 26.7 Å². The summed E-state index contributed by atoms with van der Waals surface area (Å²) >= 11 is 1.26. The van der Waals surface area contributed by atoms with Crippen molar-refractivity contribution >= 4 is 28.3 Å². The summed E-state index contributed by atoms with van der Waals surface area (Å²) in [5.74, 6) is -4.87. The Kier molecular flexibility index (Phi) is 8.29. The number of benzene rings is 1. The van der Waals surface area contributed by atoms with Crippen molar-refractivity contribution in [2.75, 3.05) is 11.9 Å². The summed E-state index contributed by atoms with van der Waals surface area (Å²) in [5, 5.41) is 13.5. The van der Waals surface area contributed by atoms with Crippen molar-refractivity contribution < 1.29 is 36.6 Å². The monoisotopic (exact) mass is 425 g/mol. The summed E-state index contributed by atoms with van der Waals surface area (Å²) in [4.78, 5) is 25.7. The van der Waals surface area contributed by atoms with Crippen molar-refractivity contribution in [3.63, 3.8) is 0 Å². The molecule has 0 saturated heterocycles. The number of alkyl halides is 3. The summed E-state index contributed by atoms with van der Waals surface area (Å²) in [5.41, 5.74) is 1.13. The van der Waals surface area contributed by atoms with E-state index in [1.807, 2.05) is 6.92 Å². The highest BCUT2D eigenvalue weighted by atomic mass is 32.1. The number of nitrogens with zero attached hydrogens (tertiary/aromatic N) is 1. The predicted molar refractivity (Wildman–Crippen MR) is 92.2 cm³/mol. The van der Waals surface area contributed by atoms with E-state index in [0.717, 1.165) is 18.7 Å². The normalized spacial score (nSPS) is 10.7. The maximum Gasteiger partial charge on any atom is 0.490 e. The number of hydrogen-bond acceptors (Lipinski definition) is 5. The lowest BCUT2D eigenvalue weighted by Crippen LogP contribution is -2.22. The number of carbonyl (C=O) groups is 2. The Balaban J connectivity index is 0.000000480. The van der Waals surface area contributed by atoms with E-state index in [4.69, 9.17) is 9.90 Å². The minimum absolute atomic E-state index is 0.129. The van der Waals surface area contributed by atoms with Crippen LogP contribution in [0.5, 0.6) is 0 Å². The SMILES string of the molecule is CCNc1nc(C)c(C(=O)NCc2ccc(F)c(F)c2)s1.O=C(O)C(F)(F)F. The van der Waals surface area contributed by atoms with Crippen LogP contribution in [0, 0.1) is 18.6 Å². The Morgan fingerprint density at radius 2 is 1.82 bits per heavy atom. The van der Waals surface area contributed by atoms with Crippen LogP contribution in [0.25, 0.3) is 0 Å². The number of carbonyl (C=O) groups excluding carboxylic acids is 1. The first-order valence-corrected chi connectivity index (χ1v) is 8.50. The standard InChI is InChI=1S/C14H15F2N3OS.C2HF3O2/c1-3-17-14-19-8(2)12(21-14)13(20)18-7-9-4-5-10(15)11(16)6-9;3-2(4,5)1(6)7/h4-6H,3,7H2,1-2H3,(H,17,19)(H,18,20);(H,6,7). The molecule has 0 spiro atoms. The fraction of sp³-hybridized carbons (Fsp3) is 0.312. The van der Waals surface area contributed by atoms with Gasteiger partial charge >= 0.3 is 12.1 Å². The number of carboxylic acid groups (broad SMARTS) is 1. The highest BCUT2D eigenvalue weighted by Gasteiger charge is 2.38. The Morgan fingerprint density at radius 3 is 2.32 bits per heavy atom. The number of aliphatic carboxylic acids is 1. The van der Waals surface area contributed by atoms with Gasteiger partial charge in [-0.15, -0.1) is 0 Å². The quantitative estimate of drug-likeness (QED) is 0.635. The largest absolute Gasteiger partial charge is 0.490 e. The molecule has 0 unspecified atom stereocenters. The van der Waals surface area contributed by atoms with Crippen LogP contribution in [0.2, 0.25) is 0 Å². The van der Waals surface area contributed by atoms with Crippen molar-refractivity contribution in [1.82, 2.24) is 10.3 Å². The van der Waals surface area contributed by atoms with E-state index in [-0.39, 0.29) is 12.5 Å². The van der Waals surface area contributed by atoms with Crippen molar-refractivity contribution in [3.8, 4) is 0 Å². The smallest absolute Gasteiger partial charge is 0.475 e. The Morgan fingerprint density at radius 1 is 1.21 bits per heavy atom. The van der Waals surface area contributed by atoms with Gasteiger partial charge in [0.1, 0.15) is 4.88 Å². The fourth-order valence-corrected chi connectivity index (χ4v) is 2.70. The second kappa shape index (κ2) is 9.97. The number of nitrogens with one attached hydrogen (secondary N) is 2. The first kappa shape index (κ1) is 23.3. The molecule has 2 aromatic rings. The van der Waals surface area contributed by atoms with Crippen LogP contribution in [0.3, 0.4) is 0 Å². The summed E-state index contributed by atoms with van der Waals surface area (Å²) in [6, 6.07) is 3.54. The second-order valence-electron chi connectivity index (χ2n) is 5.20. The summed E-state index contributed by atoms with van der Waals surface area (Å²) in [7, 11) is 0. The Labute approximate surface area is 160 Å². The van der Waals surface area contributed by atoms with E-state index in [1.54, 1.807) is 6.92 Å². The molecule has 154 valence electrons. The van der Waals surface area contributed by atoms with Gasteiger partial charge in [0.25, 0.3) is 5.91 Å². The third-order valence-corrected chi connectivity index (χ3v) is 4.12. The van der Waals surface area contributed by atoms with Crippen LogP contribution in [-0.4, -0.2) is 34.7 Å². The highest BCUT2D eigenvalue weighted by molar-refractivity contribution is 7.17. The van der Waals surface area contributed by atoms with E-state index in [0.29, 0.717) is 21.3 Å². The van der Waals surface area contributed by atoms with Crippen molar-refractivity contribution in [3.05, 3.63) is 46.0 Å². The molecule has 0 bridgehead atoms. The summed E-state index contributed by atoms with van der Waals surface area (Å²) < 4.78 is 57.6. The van der Waals surface area contributed by atoms with Crippen LogP contribution in [0.4, 0.5) is 27.1 Å². The van der Waals surface area contributed by atoms with E-state index < -0.39 is 23.8 Å². The number of hydrogen-bond donors (Lipinski definition) is 3. The lowest BCUT2D eigenvalue weighted by atomic mass is 10.2. The van der Waals surface area contributed by atoms with Crippen LogP contribution >= 0.6 is 11.3 Å². The molecular formula is C16H16F5N3O3S. The van der Waals surface area contributed by atoms with E-state index in [1.165, 1.54) is 17.4 Å². The maximum atomic E-state index is 13.1. The summed E-state index contributed by atoms with van der Waals surface area (Å²) in [6.45, 7) is 4.55. The van der Waals surface area contributed by atoms with Gasteiger partial charge in [-0.3, -0.25) is 4.79 Å². The van der Waals surface area contributed by atoms with Crippen LogP contribution in [-0.2, 0) is 11.3 Å².